The molecular weight excluding hydrogens is 284 g/mol. The number of ether oxygens (including phenoxy) is 1. The average Bonchev–Trinajstić information content (AvgIpc) is 2.50. The molecule has 0 amide bonds. The van der Waals surface area contributed by atoms with E-state index in [1.807, 2.05) is 31.2 Å². The van der Waals surface area contributed by atoms with Crippen LogP contribution in [0.2, 0.25) is 0 Å². The van der Waals surface area contributed by atoms with Gasteiger partial charge in [-0.3, -0.25) is 4.79 Å². The Kier molecular flexibility index (Phi) is 5.56. The fraction of sp³-hybridized carbons (Fsp3) is 0.500. The van der Waals surface area contributed by atoms with Gasteiger partial charge in [0.2, 0.25) is 0 Å². The van der Waals surface area contributed by atoms with Gasteiger partial charge in [-0.05, 0) is 51.0 Å². The van der Waals surface area contributed by atoms with Gasteiger partial charge in [0, 0.05) is 18.8 Å². The second-order valence-corrected chi connectivity index (χ2v) is 5.72. The number of aryl methyl sites for hydroxylation is 1. The number of carbonyl (C=O) groups excluding carboxylic acids is 1. The third kappa shape index (κ3) is 4.43. The van der Waals surface area contributed by atoms with E-state index in [1.165, 1.54) is 5.56 Å². The van der Waals surface area contributed by atoms with Crippen molar-refractivity contribution >= 4 is 29.0 Å². The Morgan fingerprint density at radius 1 is 1.43 bits per heavy atom. The van der Waals surface area contributed by atoms with Crippen LogP contribution in [0.3, 0.4) is 0 Å². The molecule has 0 radical (unpaired) electrons. The van der Waals surface area contributed by atoms with Crippen LogP contribution in [0.5, 0.6) is 0 Å². The van der Waals surface area contributed by atoms with Gasteiger partial charge in [-0.15, -0.1) is 0 Å². The van der Waals surface area contributed by atoms with E-state index in [1.54, 1.807) is 0 Å². The minimum atomic E-state index is -0.111. The van der Waals surface area contributed by atoms with Gasteiger partial charge in [0.15, 0.2) is 5.11 Å². The Bertz CT molecular complexity index is 502. The largest absolute Gasteiger partial charge is 0.466 e. The van der Waals surface area contributed by atoms with Crippen LogP contribution in [0.15, 0.2) is 24.3 Å². The van der Waals surface area contributed by atoms with E-state index in [2.05, 4.69) is 17.1 Å². The van der Waals surface area contributed by atoms with Crippen molar-refractivity contribution in [2.75, 3.05) is 25.0 Å². The van der Waals surface area contributed by atoms with Gasteiger partial charge in [0.05, 0.1) is 12.5 Å². The lowest BCUT2D eigenvalue weighted by Gasteiger charge is -2.33. The first kappa shape index (κ1) is 15.8. The molecule has 0 aliphatic carbocycles. The summed E-state index contributed by atoms with van der Waals surface area (Å²) in [4.78, 5) is 13.9. The zero-order valence-electron chi connectivity index (χ0n) is 12.6. The zero-order chi connectivity index (χ0) is 15.2. The van der Waals surface area contributed by atoms with Crippen LogP contribution in [-0.4, -0.2) is 35.7 Å². The molecule has 1 aliphatic rings. The summed E-state index contributed by atoms with van der Waals surface area (Å²) in [5, 5.41) is 3.91. The summed E-state index contributed by atoms with van der Waals surface area (Å²) in [5.74, 6) is -0.184. The lowest BCUT2D eigenvalue weighted by atomic mass is 9.98. The van der Waals surface area contributed by atoms with Gasteiger partial charge >= 0.3 is 5.97 Å². The maximum atomic E-state index is 11.8. The van der Waals surface area contributed by atoms with E-state index in [-0.39, 0.29) is 11.9 Å². The van der Waals surface area contributed by atoms with E-state index in [9.17, 15) is 4.79 Å². The smallest absolute Gasteiger partial charge is 0.310 e. The van der Waals surface area contributed by atoms with Crippen molar-refractivity contribution in [3.8, 4) is 0 Å². The van der Waals surface area contributed by atoms with Crippen LogP contribution in [0.25, 0.3) is 0 Å². The first-order valence-electron chi connectivity index (χ1n) is 7.39. The Hall–Kier alpha value is -1.62. The van der Waals surface area contributed by atoms with Gasteiger partial charge in [-0.25, -0.2) is 0 Å². The fourth-order valence-corrected chi connectivity index (χ4v) is 2.74. The number of likely N-dealkylation sites (tertiary alicyclic amines) is 1. The lowest BCUT2D eigenvalue weighted by molar-refractivity contribution is -0.149. The number of rotatable bonds is 3. The van der Waals surface area contributed by atoms with Crippen LogP contribution in [0, 0.1) is 12.8 Å². The van der Waals surface area contributed by atoms with Gasteiger partial charge in [-0.2, -0.15) is 0 Å². The third-order valence-corrected chi connectivity index (χ3v) is 3.99. The van der Waals surface area contributed by atoms with Gasteiger partial charge in [0.1, 0.15) is 0 Å². The Morgan fingerprint density at radius 2 is 2.14 bits per heavy atom. The Balaban J connectivity index is 1.92. The van der Waals surface area contributed by atoms with Crippen molar-refractivity contribution < 1.29 is 9.53 Å². The molecule has 1 aliphatic heterocycles. The van der Waals surface area contributed by atoms with Gasteiger partial charge < -0.3 is 15.0 Å². The first-order valence-corrected chi connectivity index (χ1v) is 7.80. The summed E-state index contributed by atoms with van der Waals surface area (Å²) in [6.07, 6.45) is 1.83. The monoisotopic (exact) mass is 306 g/mol. The summed E-state index contributed by atoms with van der Waals surface area (Å²) in [7, 11) is 0. The van der Waals surface area contributed by atoms with Crippen molar-refractivity contribution in [2.45, 2.75) is 26.7 Å². The minimum absolute atomic E-state index is 0.0727. The number of nitrogens with zero attached hydrogens (tertiary/aromatic N) is 1. The molecule has 1 aromatic rings. The average molecular weight is 306 g/mol. The number of anilines is 1. The van der Waals surface area contributed by atoms with E-state index >= 15 is 0 Å². The summed E-state index contributed by atoms with van der Waals surface area (Å²) in [6, 6.07) is 8.11. The zero-order valence-corrected chi connectivity index (χ0v) is 13.4. The molecule has 1 N–H and O–H groups in total. The number of carbonyl (C=O) groups is 1. The third-order valence-electron chi connectivity index (χ3n) is 3.63. The summed E-state index contributed by atoms with van der Waals surface area (Å²) in [6.45, 7) is 5.84. The summed E-state index contributed by atoms with van der Waals surface area (Å²) >= 11 is 5.46. The highest BCUT2D eigenvalue weighted by Gasteiger charge is 2.27. The number of hydrogen-bond acceptors (Lipinski definition) is 3. The molecule has 1 saturated heterocycles. The van der Waals surface area contributed by atoms with Crippen LogP contribution in [0.1, 0.15) is 25.3 Å². The van der Waals surface area contributed by atoms with E-state index in [4.69, 9.17) is 17.0 Å². The normalized spacial score (nSPS) is 18.2. The van der Waals surface area contributed by atoms with Crippen molar-refractivity contribution in [1.82, 2.24) is 4.90 Å². The first-order chi connectivity index (χ1) is 10.1. The number of nitrogens with one attached hydrogen (secondary N) is 1. The molecule has 1 fully saturated rings. The summed E-state index contributed by atoms with van der Waals surface area (Å²) in [5.41, 5.74) is 2.19. The second kappa shape index (κ2) is 7.41. The topological polar surface area (TPSA) is 41.6 Å². The van der Waals surface area contributed by atoms with Gasteiger partial charge in [0.25, 0.3) is 0 Å². The summed E-state index contributed by atoms with van der Waals surface area (Å²) < 4.78 is 5.11. The molecule has 0 spiro atoms. The van der Waals surface area contributed by atoms with Gasteiger partial charge in [-0.1, -0.05) is 17.7 Å². The van der Waals surface area contributed by atoms with E-state index < -0.39 is 0 Å². The molecule has 0 saturated carbocycles. The number of piperidine rings is 1. The van der Waals surface area contributed by atoms with Crippen LogP contribution in [0.4, 0.5) is 5.69 Å². The molecule has 0 bridgehead atoms. The SMILES string of the molecule is CCOC(=O)[C@H]1CCCN(C(=S)Nc2ccc(C)cc2)C1. The van der Waals surface area contributed by atoms with Crippen LogP contribution < -0.4 is 5.32 Å². The quantitative estimate of drug-likeness (QED) is 0.687. The predicted molar refractivity (Wildman–Crippen MR) is 88.3 cm³/mol. The number of benzene rings is 1. The molecule has 0 aromatic heterocycles. The molecular formula is C16H22N2O2S. The molecule has 21 heavy (non-hydrogen) atoms. The molecule has 2 rings (SSSR count). The van der Waals surface area contributed by atoms with Crippen molar-refractivity contribution in [3.63, 3.8) is 0 Å². The molecule has 114 valence electrons. The number of esters is 1. The maximum Gasteiger partial charge on any atom is 0.310 e. The maximum absolute atomic E-state index is 11.8. The standard InChI is InChI=1S/C16H22N2O2S/c1-3-20-15(19)13-5-4-10-18(11-13)16(21)17-14-8-6-12(2)7-9-14/h6-9,13H,3-5,10-11H2,1-2H3,(H,17,21)/t13-/m0/s1. The number of thiocarbonyl (C=S) groups is 1. The molecule has 1 atom stereocenters. The van der Waals surface area contributed by atoms with Crippen LogP contribution in [-0.2, 0) is 9.53 Å². The van der Waals surface area contributed by atoms with Crippen LogP contribution >= 0.6 is 12.2 Å². The lowest BCUT2D eigenvalue weighted by Crippen LogP contribution is -2.44. The molecule has 1 heterocycles. The van der Waals surface area contributed by atoms with E-state index in [0.717, 1.165) is 25.1 Å². The van der Waals surface area contributed by atoms with Crippen molar-refractivity contribution in [2.24, 2.45) is 5.92 Å². The highest BCUT2D eigenvalue weighted by molar-refractivity contribution is 7.80. The molecule has 0 unspecified atom stereocenters. The van der Waals surface area contributed by atoms with E-state index in [0.29, 0.717) is 18.3 Å². The van der Waals surface area contributed by atoms with Crippen molar-refractivity contribution in [1.29, 1.82) is 0 Å². The Morgan fingerprint density at radius 3 is 2.81 bits per heavy atom. The second-order valence-electron chi connectivity index (χ2n) is 5.33. The van der Waals surface area contributed by atoms with Crippen molar-refractivity contribution in [3.05, 3.63) is 29.8 Å². The predicted octanol–water partition coefficient (Wildman–Crippen LogP) is 2.97. The number of hydrogen-bond donors (Lipinski definition) is 1. The minimum Gasteiger partial charge on any atom is -0.466 e. The highest BCUT2D eigenvalue weighted by atomic mass is 32.1. The molecule has 5 heteroatoms. The molecule has 4 nitrogen and oxygen atoms in total. The Labute approximate surface area is 131 Å². The molecule has 1 aromatic carbocycles. The fourth-order valence-electron chi connectivity index (χ4n) is 2.45. The highest BCUT2D eigenvalue weighted by Crippen LogP contribution is 2.19.